The molecule has 1 atom stereocenters. The van der Waals surface area contributed by atoms with Crippen molar-refractivity contribution >= 4 is 21.9 Å². The van der Waals surface area contributed by atoms with Crippen LogP contribution in [-0.2, 0) is 4.79 Å². The number of halogens is 1. The Morgan fingerprint density at radius 1 is 1.71 bits per heavy atom. The summed E-state index contributed by atoms with van der Waals surface area (Å²) in [6, 6.07) is 1.82. The molecule has 0 aliphatic rings. The minimum Gasteiger partial charge on any atom is -0.479 e. The van der Waals surface area contributed by atoms with Gasteiger partial charge in [-0.05, 0) is 35.8 Å². The summed E-state index contributed by atoms with van der Waals surface area (Å²) < 4.78 is 5.97. The Labute approximate surface area is 90.0 Å². The second-order valence-corrected chi connectivity index (χ2v) is 3.79. The first-order valence-electron chi connectivity index (χ1n) is 4.02. The van der Waals surface area contributed by atoms with Crippen LogP contribution >= 0.6 is 15.9 Å². The molecule has 5 heteroatoms. The predicted octanol–water partition coefficient (Wildman–Crippen LogP) is 2.00. The number of carbonyl (C=O) groups is 1. The summed E-state index contributed by atoms with van der Waals surface area (Å²) in [6.07, 6.45) is 0.680. The first kappa shape index (κ1) is 11.0. The number of nitrogens with zero attached hydrogens (tertiary/aromatic N) is 1. The van der Waals surface area contributed by atoms with Crippen molar-refractivity contribution in [3.63, 3.8) is 0 Å². The highest BCUT2D eigenvalue weighted by molar-refractivity contribution is 9.10. The maximum atomic E-state index is 10.5. The van der Waals surface area contributed by atoms with E-state index in [1.807, 2.05) is 13.0 Å². The van der Waals surface area contributed by atoms with Crippen molar-refractivity contribution in [3.05, 3.63) is 22.3 Å². The highest BCUT2D eigenvalue weighted by atomic mass is 79.9. The molecule has 4 nitrogen and oxygen atoms in total. The van der Waals surface area contributed by atoms with Crippen LogP contribution in [0.15, 0.2) is 16.7 Å². The smallest absolute Gasteiger partial charge is 0.344 e. The molecule has 0 aliphatic carbocycles. The van der Waals surface area contributed by atoms with Crippen LogP contribution < -0.4 is 4.74 Å². The third kappa shape index (κ3) is 2.70. The van der Waals surface area contributed by atoms with E-state index in [1.165, 1.54) is 6.92 Å². The quantitative estimate of drug-likeness (QED) is 0.902. The van der Waals surface area contributed by atoms with E-state index in [0.717, 1.165) is 10.0 Å². The van der Waals surface area contributed by atoms with Gasteiger partial charge in [0.05, 0.1) is 0 Å². The van der Waals surface area contributed by atoms with Crippen molar-refractivity contribution in [2.75, 3.05) is 0 Å². The number of ether oxygens (including phenoxy) is 1. The fraction of sp³-hybridized carbons (Fsp3) is 0.333. The van der Waals surface area contributed by atoms with Crippen LogP contribution in [0.4, 0.5) is 0 Å². The third-order valence-corrected chi connectivity index (χ3v) is 2.07. The number of aliphatic carboxylic acids is 1. The number of carboxylic acids is 1. The van der Waals surface area contributed by atoms with Gasteiger partial charge in [0.15, 0.2) is 6.10 Å². The van der Waals surface area contributed by atoms with Gasteiger partial charge in [-0.15, -0.1) is 0 Å². The third-order valence-electron chi connectivity index (χ3n) is 1.63. The van der Waals surface area contributed by atoms with Gasteiger partial charge in [-0.25, -0.2) is 9.78 Å². The molecule has 0 aromatic carbocycles. The summed E-state index contributed by atoms with van der Waals surface area (Å²) in [5.41, 5.74) is 0.799. The van der Waals surface area contributed by atoms with Crippen molar-refractivity contribution in [2.24, 2.45) is 0 Å². The Hall–Kier alpha value is -1.10. The lowest BCUT2D eigenvalue weighted by molar-refractivity contribution is -0.144. The van der Waals surface area contributed by atoms with Gasteiger partial charge in [-0.1, -0.05) is 0 Å². The molecule has 0 bridgehead atoms. The molecule has 0 saturated carbocycles. The molecule has 0 spiro atoms. The minimum absolute atomic E-state index is 0.350. The average molecular weight is 260 g/mol. The Morgan fingerprint density at radius 3 is 2.86 bits per heavy atom. The second kappa shape index (κ2) is 4.41. The van der Waals surface area contributed by atoms with Crippen LogP contribution in [0.5, 0.6) is 5.88 Å². The van der Waals surface area contributed by atoms with Gasteiger partial charge in [0.2, 0.25) is 5.88 Å². The molecule has 0 saturated heterocycles. The molecule has 0 aliphatic heterocycles. The van der Waals surface area contributed by atoms with Crippen molar-refractivity contribution in [1.29, 1.82) is 0 Å². The molecule has 76 valence electrons. The molecule has 1 unspecified atom stereocenters. The highest BCUT2D eigenvalue weighted by Gasteiger charge is 2.14. The molecule has 0 fully saturated rings. The summed E-state index contributed by atoms with van der Waals surface area (Å²) >= 11 is 3.26. The van der Waals surface area contributed by atoms with Crippen LogP contribution in [0.2, 0.25) is 0 Å². The number of aryl methyl sites for hydroxylation is 1. The molecule has 1 heterocycles. The van der Waals surface area contributed by atoms with Gasteiger partial charge < -0.3 is 9.84 Å². The minimum atomic E-state index is -1.01. The van der Waals surface area contributed by atoms with E-state index in [2.05, 4.69) is 20.9 Å². The zero-order valence-corrected chi connectivity index (χ0v) is 9.41. The highest BCUT2D eigenvalue weighted by Crippen LogP contribution is 2.19. The summed E-state index contributed by atoms with van der Waals surface area (Å²) in [5, 5.41) is 8.63. The van der Waals surface area contributed by atoms with Gasteiger partial charge in [0, 0.05) is 16.2 Å². The van der Waals surface area contributed by atoms with Crippen molar-refractivity contribution in [1.82, 2.24) is 4.98 Å². The van der Waals surface area contributed by atoms with Gasteiger partial charge in [0.25, 0.3) is 0 Å². The Kier molecular flexibility index (Phi) is 3.46. The van der Waals surface area contributed by atoms with Crippen molar-refractivity contribution in [2.45, 2.75) is 20.0 Å². The van der Waals surface area contributed by atoms with Crippen LogP contribution in [0, 0.1) is 6.92 Å². The standard InChI is InChI=1S/C9H10BrNO3/c1-5-3-7(10)4-11-8(5)14-6(2)9(12)13/h3-4,6H,1-2H3,(H,12,13). The molecular formula is C9H10BrNO3. The molecule has 1 N–H and O–H groups in total. The topological polar surface area (TPSA) is 59.4 Å². The molecule has 0 radical (unpaired) electrons. The van der Waals surface area contributed by atoms with Gasteiger partial charge >= 0.3 is 5.97 Å². The number of hydrogen-bond donors (Lipinski definition) is 1. The molecule has 1 aromatic heterocycles. The number of hydrogen-bond acceptors (Lipinski definition) is 3. The lowest BCUT2D eigenvalue weighted by Crippen LogP contribution is -2.23. The number of aromatic nitrogens is 1. The van der Waals surface area contributed by atoms with Gasteiger partial charge in [0.1, 0.15) is 0 Å². The van der Waals surface area contributed by atoms with Crippen molar-refractivity contribution < 1.29 is 14.6 Å². The summed E-state index contributed by atoms with van der Waals surface area (Å²) in [7, 11) is 0. The van der Waals surface area contributed by atoms with Crippen molar-refractivity contribution in [3.8, 4) is 5.88 Å². The largest absolute Gasteiger partial charge is 0.479 e. The van der Waals surface area contributed by atoms with Crippen LogP contribution in [0.1, 0.15) is 12.5 Å². The first-order chi connectivity index (χ1) is 6.50. The van der Waals surface area contributed by atoms with Crippen LogP contribution in [0.3, 0.4) is 0 Å². The molecule has 1 rings (SSSR count). The zero-order chi connectivity index (χ0) is 10.7. The fourth-order valence-electron chi connectivity index (χ4n) is 0.869. The van der Waals surface area contributed by atoms with E-state index in [-0.39, 0.29) is 0 Å². The van der Waals surface area contributed by atoms with E-state index < -0.39 is 12.1 Å². The number of carboxylic acid groups (broad SMARTS) is 1. The van der Waals surface area contributed by atoms with E-state index in [0.29, 0.717) is 5.88 Å². The van der Waals surface area contributed by atoms with Gasteiger partial charge in [-0.2, -0.15) is 0 Å². The van der Waals surface area contributed by atoms with Gasteiger partial charge in [-0.3, -0.25) is 0 Å². The molecule has 14 heavy (non-hydrogen) atoms. The van der Waals surface area contributed by atoms with Crippen LogP contribution in [-0.4, -0.2) is 22.2 Å². The number of pyridine rings is 1. The monoisotopic (exact) mass is 259 g/mol. The second-order valence-electron chi connectivity index (χ2n) is 2.87. The normalized spacial score (nSPS) is 12.2. The fourth-order valence-corrected chi connectivity index (χ4v) is 1.31. The number of rotatable bonds is 3. The molecule has 0 amide bonds. The Morgan fingerprint density at radius 2 is 2.36 bits per heavy atom. The van der Waals surface area contributed by atoms with E-state index in [9.17, 15) is 4.79 Å². The SMILES string of the molecule is Cc1cc(Br)cnc1OC(C)C(=O)O. The Bertz CT molecular complexity index is 354. The lowest BCUT2D eigenvalue weighted by atomic mass is 10.3. The molecular weight excluding hydrogens is 250 g/mol. The van der Waals surface area contributed by atoms with Crippen LogP contribution in [0.25, 0.3) is 0 Å². The summed E-state index contributed by atoms with van der Waals surface area (Å²) in [4.78, 5) is 14.5. The maximum Gasteiger partial charge on any atom is 0.344 e. The zero-order valence-electron chi connectivity index (χ0n) is 7.82. The maximum absolute atomic E-state index is 10.5. The lowest BCUT2D eigenvalue weighted by Gasteiger charge is -2.11. The Balaban J connectivity index is 2.82. The van der Waals surface area contributed by atoms with E-state index in [4.69, 9.17) is 9.84 Å². The summed E-state index contributed by atoms with van der Waals surface area (Å²) in [5.74, 6) is -0.655. The summed E-state index contributed by atoms with van der Waals surface area (Å²) in [6.45, 7) is 3.27. The first-order valence-corrected chi connectivity index (χ1v) is 4.81. The molecule has 1 aromatic rings. The predicted molar refractivity (Wildman–Crippen MR) is 54.4 cm³/mol. The average Bonchev–Trinajstić information content (AvgIpc) is 2.09. The van der Waals surface area contributed by atoms with E-state index in [1.54, 1.807) is 6.20 Å². The van der Waals surface area contributed by atoms with E-state index >= 15 is 0 Å².